The number of hydrogen-bond donors (Lipinski definition) is 1. The summed E-state index contributed by atoms with van der Waals surface area (Å²) in [6.45, 7) is 3.42. The monoisotopic (exact) mass is 246 g/mol. The molecule has 0 saturated heterocycles. The summed E-state index contributed by atoms with van der Waals surface area (Å²) in [7, 11) is -1.75. The maximum absolute atomic E-state index is 12.2. The second kappa shape index (κ2) is 5.48. The van der Waals surface area contributed by atoms with E-state index in [9.17, 15) is 22.2 Å². The normalized spacial score (nSPS) is 16.4. The Hall–Kier alpha value is -0.590. The van der Waals surface area contributed by atoms with E-state index in [0.717, 1.165) is 0 Å². The van der Waals surface area contributed by atoms with Crippen LogP contribution in [0.15, 0.2) is 0 Å². The van der Waals surface area contributed by atoms with Gasteiger partial charge in [-0.2, -0.15) is 13.2 Å². The van der Waals surface area contributed by atoms with Gasteiger partial charge in [0.1, 0.15) is 0 Å². The minimum absolute atomic E-state index is 0.0199. The zero-order chi connectivity index (χ0) is 12.2. The smallest absolute Gasteiger partial charge is 0.403 e. The Balaban J connectivity index is 4.44. The van der Waals surface area contributed by atoms with Gasteiger partial charge in [0.15, 0.2) is 5.92 Å². The summed E-state index contributed by atoms with van der Waals surface area (Å²) in [5.74, 6) is -5.30. The number of alkyl halides is 3. The van der Waals surface area contributed by atoms with Gasteiger partial charge in [-0.15, -0.1) is 0 Å². The van der Waals surface area contributed by atoms with Crippen LogP contribution < -0.4 is 0 Å². The highest BCUT2D eigenvalue weighted by molar-refractivity contribution is 7.85. The van der Waals surface area contributed by atoms with Crippen molar-refractivity contribution in [2.24, 2.45) is 11.8 Å². The molecule has 0 spiro atoms. The molecule has 0 aromatic rings. The summed E-state index contributed by atoms with van der Waals surface area (Å²) in [4.78, 5) is 10.3. The number of rotatable bonds is 5. The molecule has 0 aromatic carbocycles. The first kappa shape index (κ1) is 14.4. The Morgan fingerprint density at radius 3 is 2.07 bits per heavy atom. The van der Waals surface area contributed by atoms with E-state index in [2.05, 4.69) is 0 Å². The second-order valence-corrected chi connectivity index (χ2v) is 5.15. The molecule has 1 N–H and O–H groups in total. The van der Waals surface area contributed by atoms with Crippen LogP contribution in [0.1, 0.15) is 13.8 Å². The summed E-state index contributed by atoms with van der Waals surface area (Å²) in [5, 5.41) is 8.34. The Morgan fingerprint density at radius 2 is 1.80 bits per heavy atom. The molecular formula is C8H13F3O3S. The van der Waals surface area contributed by atoms with Crippen molar-refractivity contribution in [2.75, 3.05) is 11.5 Å². The van der Waals surface area contributed by atoms with Crippen molar-refractivity contribution in [1.82, 2.24) is 0 Å². The number of carboxylic acids is 1. The van der Waals surface area contributed by atoms with Gasteiger partial charge in [-0.3, -0.25) is 9.00 Å². The van der Waals surface area contributed by atoms with Crippen LogP contribution in [0.4, 0.5) is 13.2 Å². The first-order valence-corrected chi connectivity index (χ1v) is 5.78. The van der Waals surface area contributed by atoms with Gasteiger partial charge in [-0.25, -0.2) is 0 Å². The fraction of sp³-hybridized carbons (Fsp3) is 0.875. The molecule has 3 nitrogen and oxygen atoms in total. The van der Waals surface area contributed by atoms with Crippen LogP contribution in [0.5, 0.6) is 0 Å². The Morgan fingerprint density at radius 1 is 1.33 bits per heavy atom. The number of halogens is 3. The number of aliphatic carboxylic acids is 1. The van der Waals surface area contributed by atoms with Crippen molar-refractivity contribution in [3.63, 3.8) is 0 Å². The van der Waals surface area contributed by atoms with Crippen LogP contribution in [-0.2, 0) is 15.6 Å². The Bertz CT molecular complexity index is 250. The van der Waals surface area contributed by atoms with Crippen LogP contribution >= 0.6 is 0 Å². The van der Waals surface area contributed by atoms with E-state index in [1.165, 1.54) is 0 Å². The molecule has 0 saturated carbocycles. The van der Waals surface area contributed by atoms with Gasteiger partial charge in [0.2, 0.25) is 0 Å². The van der Waals surface area contributed by atoms with Crippen molar-refractivity contribution in [2.45, 2.75) is 20.0 Å². The lowest BCUT2D eigenvalue weighted by molar-refractivity contribution is -0.188. The molecule has 0 aliphatic carbocycles. The number of carbonyl (C=O) groups is 1. The molecule has 2 unspecified atom stereocenters. The van der Waals surface area contributed by atoms with Crippen molar-refractivity contribution in [3.05, 3.63) is 0 Å². The zero-order valence-electron chi connectivity index (χ0n) is 8.37. The van der Waals surface area contributed by atoms with Crippen LogP contribution in [0.3, 0.4) is 0 Å². The summed E-state index contributed by atoms with van der Waals surface area (Å²) in [6, 6.07) is 0. The molecule has 0 aromatic heterocycles. The third kappa shape index (κ3) is 5.76. The summed E-state index contributed by atoms with van der Waals surface area (Å²) in [6.07, 6.45) is -4.83. The SMILES string of the molecule is CC(C)CS(=O)CC(C(=O)O)C(F)(F)F. The van der Waals surface area contributed by atoms with E-state index in [4.69, 9.17) is 5.11 Å². The highest BCUT2D eigenvalue weighted by Gasteiger charge is 2.45. The number of hydrogen-bond acceptors (Lipinski definition) is 2. The summed E-state index contributed by atoms with van der Waals surface area (Å²) < 4.78 is 47.6. The van der Waals surface area contributed by atoms with Gasteiger partial charge in [-0.1, -0.05) is 13.8 Å². The van der Waals surface area contributed by atoms with Crippen LogP contribution in [0.25, 0.3) is 0 Å². The lowest BCUT2D eigenvalue weighted by atomic mass is 10.2. The van der Waals surface area contributed by atoms with Crippen molar-refractivity contribution in [3.8, 4) is 0 Å². The van der Waals surface area contributed by atoms with Crippen molar-refractivity contribution >= 4 is 16.8 Å². The highest BCUT2D eigenvalue weighted by Crippen LogP contribution is 2.27. The highest BCUT2D eigenvalue weighted by atomic mass is 32.2. The molecule has 0 rings (SSSR count). The average molecular weight is 246 g/mol. The van der Waals surface area contributed by atoms with E-state index in [0.29, 0.717) is 0 Å². The molecular weight excluding hydrogens is 233 g/mol. The Kier molecular flexibility index (Phi) is 5.27. The molecule has 15 heavy (non-hydrogen) atoms. The van der Waals surface area contributed by atoms with E-state index in [1.807, 2.05) is 0 Å². The first-order chi connectivity index (χ1) is 6.64. The molecule has 2 atom stereocenters. The van der Waals surface area contributed by atoms with Gasteiger partial charge >= 0.3 is 12.1 Å². The molecule has 90 valence electrons. The molecule has 0 bridgehead atoms. The van der Waals surface area contributed by atoms with E-state index in [1.54, 1.807) is 13.8 Å². The largest absolute Gasteiger partial charge is 0.481 e. The van der Waals surface area contributed by atoms with Gasteiger partial charge in [0.25, 0.3) is 0 Å². The standard InChI is InChI=1S/C8H13F3O3S/c1-5(2)3-15(14)4-6(7(12)13)8(9,10)11/h5-6H,3-4H2,1-2H3,(H,12,13). The van der Waals surface area contributed by atoms with Crippen LogP contribution in [-0.4, -0.2) is 33.0 Å². The second-order valence-electron chi connectivity index (χ2n) is 3.60. The predicted octanol–water partition coefficient (Wildman–Crippen LogP) is 1.65. The maximum atomic E-state index is 12.2. The van der Waals surface area contributed by atoms with Crippen molar-refractivity contribution < 1.29 is 27.3 Å². The molecule has 0 heterocycles. The molecule has 0 aliphatic rings. The molecule has 7 heteroatoms. The van der Waals surface area contributed by atoms with E-state index >= 15 is 0 Å². The zero-order valence-corrected chi connectivity index (χ0v) is 9.19. The third-order valence-electron chi connectivity index (χ3n) is 1.56. The topological polar surface area (TPSA) is 54.4 Å². The minimum Gasteiger partial charge on any atom is -0.481 e. The van der Waals surface area contributed by atoms with E-state index < -0.39 is 34.6 Å². The van der Waals surface area contributed by atoms with Gasteiger partial charge in [0.05, 0.1) is 0 Å². The lowest BCUT2D eigenvalue weighted by Crippen LogP contribution is -2.35. The van der Waals surface area contributed by atoms with Crippen LogP contribution in [0, 0.1) is 11.8 Å². The van der Waals surface area contributed by atoms with Crippen molar-refractivity contribution in [1.29, 1.82) is 0 Å². The van der Waals surface area contributed by atoms with Crippen LogP contribution in [0.2, 0.25) is 0 Å². The van der Waals surface area contributed by atoms with Gasteiger partial charge < -0.3 is 5.11 Å². The average Bonchev–Trinajstić information content (AvgIpc) is 1.95. The summed E-state index contributed by atoms with van der Waals surface area (Å²) in [5.41, 5.74) is 0. The van der Waals surface area contributed by atoms with Gasteiger partial charge in [-0.05, 0) is 5.92 Å². The fourth-order valence-corrected chi connectivity index (χ4v) is 2.51. The predicted molar refractivity (Wildman–Crippen MR) is 49.9 cm³/mol. The number of carboxylic acid groups (broad SMARTS) is 1. The quantitative estimate of drug-likeness (QED) is 0.802. The fourth-order valence-electron chi connectivity index (χ4n) is 0.932. The lowest BCUT2D eigenvalue weighted by Gasteiger charge is -2.15. The van der Waals surface area contributed by atoms with E-state index in [-0.39, 0.29) is 11.7 Å². The summed E-state index contributed by atoms with van der Waals surface area (Å²) >= 11 is 0. The molecule has 0 amide bonds. The first-order valence-electron chi connectivity index (χ1n) is 4.29. The molecule has 0 fully saturated rings. The van der Waals surface area contributed by atoms with Gasteiger partial charge in [0, 0.05) is 22.3 Å². The maximum Gasteiger partial charge on any atom is 0.403 e. The third-order valence-corrected chi connectivity index (χ3v) is 3.31. The minimum atomic E-state index is -4.83. The molecule has 0 radical (unpaired) electrons. The Labute approximate surface area is 88.1 Å². The molecule has 0 aliphatic heterocycles.